The van der Waals surface area contributed by atoms with E-state index < -0.39 is 0 Å². The second kappa shape index (κ2) is 7.02. The molecule has 0 unspecified atom stereocenters. The molecule has 0 heterocycles. The lowest BCUT2D eigenvalue weighted by Crippen LogP contribution is -2.36. The van der Waals surface area contributed by atoms with Crippen LogP contribution in [0.25, 0.3) is 0 Å². The number of ether oxygens (including phenoxy) is 1. The van der Waals surface area contributed by atoms with Gasteiger partial charge >= 0.3 is 0 Å². The monoisotopic (exact) mass is 307 g/mol. The van der Waals surface area contributed by atoms with E-state index in [0.29, 0.717) is 28.4 Å². The van der Waals surface area contributed by atoms with Crippen molar-refractivity contribution < 1.29 is 4.74 Å². The van der Waals surface area contributed by atoms with E-state index in [1.54, 1.807) is 13.2 Å². The minimum atomic E-state index is 0.427. The molecule has 1 aromatic carbocycles. The molecule has 5 heteroatoms. The summed E-state index contributed by atoms with van der Waals surface area (Å²) in [7, 11) is 5.84. The van der Waals surface area contributed by atoms with Crippen LogP contribution in [0.3, 0.4) is 0 Å². The van der Waals surface area contributed by atoms with Gasteiger partial charge in [0.15, 0.2) is 0 Å². The predicted molar refractivity (Wildman–Crippen MR) is 86.1 cm³/mol. The first-order chi connectivity index (χ1) is 10.0. The van der Waals surface area contributed by atoms with Crippen LogP contribution < -0.4 is 10.1 Å². The Kier molecular flexibility index (Phi) is 5.33. The minimum Gasteiger partial charge on any atom is -0.495 e. The van der Waals surface area contributed by atoms with Crippen LogP contribution in [0.2, 0.25) is 5.02 Å². The first kappa shape index (κ1) is 15.9. The Labute approximate surface area is 131 Å². The molecular weight excluding hydrogens is 286 g/mol. The molecule has 0 saturated heterocycles. The Morgan fingerprint density at radius 1 is 1.29 bits per heavy atom. The topological polar surface area (TPSA) is 48.3 Å². The quantitative estimate of drug-likeness (QED) is 0.925. The molecular formula is C16H22ClN3O. The van der Waals surface area contributed by atoms with Crippen molar-refractivity contribution in [2.75, 3.05) is 26.5 Å². The van der Waals surface area contributed by atoms with Gasteiger partial charge in [-0.05, 0) is 45.8 Å². The molecule has 0 radical (unpaired) electrons. The van der Waals surface area contributed by atoms with Crippen LogP contribution in [0.4, 0.5) is 5.69 Å². The Bertz CT molecular complexity index is 531. The van der Waals surface area contributed by atoms with Crippen molar-refractivity contribution in [1.82, 2.24) is 4.90 Å². The van der Waals surface area contributed by atoms with Crippen LogP contribution in [-0.4, -0.2) is 38.2 Å². The second-order valence-corrected chi connectivity index (χ2v) is 6.16. The van der Waals surface area contributed by atoms with Crippen molar-refractivity contribution >= 4 is 17.3 Å². The zero-order valence-electron chi connectivity index (χ0n) is 12.8. The van der Waals surface area contributed by atoms with Gasteiger partial charge in [-0.1, -0.05) is 11.6 Å². The molecule has 1 saturated carbocycles. The van der Waals surface area contributed by atoms with E-state index in [1.807, 2.05) is 6.07 Å². The molecule has 1 N–H and O–H groups in total. The third-order valence-corrected chi connectivity index (χ3v) is 4.51. The Balaban J connectivity index is 2.06. The normalized spacial score (nSPS) is 21.9. The fraction of sp³-hybridized carbons (Fsp3) is 0.562. The molecule has 1 aromatic rings. The van der Waals surface area contributed by atoms with Crippen molar-refractivity contribution in [3.05, 3.63) is 22.7 Å². The van der Waals surface area contributed by atoms with Gasteiger partial charge in [-0.3, -0.25) is 0 Å². The van der Waals surface area contributed by atoms with Gasteiger partial charge in [0.2, 0.25) is 0 Å². The molecule has 2 rings (SSSR count). The predicted octanol–water partition coefficient (Wildman–Crippen LogP) is 3.50. The summed E-state index contributed by atoms with van der Waals surface area (Å²) in [5, 5.41) is 13.1. The molecule has 1 aliphatic carbocycles. The van der Waals surface area contributed by atoms with Gasteiger partial charge in [0.25, 0.3) is 0 Å². The van der Waals surface area contributed by atoms with Crippen molar-refractivity contribution in [1.29, 1.82) is 5.26 Å². The van der Waals surface area contributed by atoms with Crippen molar-refractivity contribution in [3.63, 3.8) is 0 Å². The first-order valence-electron chi connectivity index (χ1n) is 7.25. The van der Waals surface area contributed by atoms with Gasteiger partial charge in [0, 0.05) is 18.2 Å². The zero-order valence-corrected chi connectivity index (χ0v) is 13.6. The molecule has 0 spiro atoms. The van der Waals surface area contributed by atoms with Crippen LogP contribution in [0.5, 0.6) is 5.75 Å². The van der Waals surface area contributed by atoms with Gasteiger partial charge in [0.1, 0.15) is 11.8 Å². The van der Waals surface area contributed by atoms with Crippen LogP contribution in [-0.2, 0) is 0 Å². The number of nitrogens with zero attached hydrogens (tertiary/aromatic N) is 2. The van der Waals surface area contributed by atoms with Gasteiger partial charge in [-0.25, -0.2) is 0 Å². The Morgan fingerprint density at radius 2 is 1.95 bits per heavy atom. The summed E-state index contributed by atoms with van der Waals surface area (Å²) in [6, 6.07) is 6.68. The summed E-state index contributed by atoms with van der Waals surface area (Å²) in [4.78, 5) is 2.30. The average Bonchev–Trinajstić information content (AvgIpc) is 2.49. The SMILES string of the molecule is COc1cc(N[C@H]2CC[C@H](N(C)C)CC2)c(Cl)cc1C#N. The number of nitrogens with one attached hydrogen (secondary N) is 1. The van der Waals surface area contributed by atoms with E-state index in [9.17, 15) is 0 Å². The van der Waals surface area contributed by atoms with E-state index in [-0.39, 0.29) is 0 Å². The van der Waals surface area contributed by atoms with Crippen LogP contribution >= 0.6 is 11.6 Å². The maximum atomic E-state index is 9.05. The summed E-state index contributed by atoms with van der Waals surface area (Å²) >= 11 is 6.26. The maximum Gasteiger partial charge on any atom is 0.138 e. The van der Waals surface area contributed by atoms with Crippen molar-refractivity contribution in [2.24, 2.45) is 0 Å². The zero-order chi connectivity index (χ0) is 15.4. The number of methoxy groups -OCH3 is 1. The number of nitriles is 1. The molecule has 4 nitrogen and oxygen atoms in total. The summed E-state index contributed by atoms with van der Waals surface area (Å²) < 4.78 is 5.24. The average molecular weight is 308 g/mol. The standard InChI is InChI=1S/C16H22ClN3O/c1-20(2)13-6-4-12(5-7-13)19-15-9-16(21-3)11(10-18)8-14(15)17/h8-9,12-13,19H,4-7H2,1-3H3/t12-,13-. The molecule has 1 fully saturated rings. The fourth-order valence-electron chi connectivity index (χ4n) is 2.88. The second-order valence-electron chi connectivity index (χ2n) is 5.76. The van der Waals surface area contributed by atoms with Gasteiger partial charge in [-0.15, -0.1) is 0 Å². The van der Waals surface area contributed by atoms with E-state index in [0.717, 1.165) is 18.5 Å². The van der Waals surface area contributed by atoms with Gasteiger partial charge in [0.05, 0.1) is 23.4 Å². The Morgan fingerprint density at radius 3 is 2.48 bits per heavy atom. The number of halogens is 1. The molecule has 0 aromatic heterocycles. The lowest BCUT2D eigenvalue weighted by atomic mass is 9.90. The van der Waals surface area contributed by atoms with E-state index in [2.05, 4.69) is 30.4 Å². The maximum absolute atomic E-state index is 9.05. The molecule has 0 aliphatic heterocycles. The molecule has 114 valence electrons. The fourth-order valence-corrected chi connectivity index (χ4v) is 3.09. The van der Waals surface area contributed by atoms with Gasteiger partial charge < -0.3 is 15.0 Å². The highest BCUT2D eigenvalue weighted by molar-refractivity contribution is 6.33. The highest BCUT2D eigenvalue weighted by Gasteiger charge is 2.23. The molecule has 21 heavy (non-hydrogen) atoms. The summed E-state index contributed by atoms with van der Waals surface area (Å²) in [5.41, 5.74) is 1.31. The molecule has 1 aliphatic rings. The largest absolute Gasteiger partial charge is 0.495 e. The Hall–Kier alpha value is -1.44. The summed E-state index contributed by atoms with van der Waals surface area (Å²) in [5.74, 6) is 0.561. The number of anilines is 1. The smallest absolute Gasteiger partial charge is 0.138 e. The number of hydrogen-bond acceptors (Lipinski definition) is 4. The van der Waals surface area contributed by atoms with Crippen LogP contribution in [0.15, 0.2) is 12.1 Å². The number of hydrogen-bond donors (Lipinski definition) is 1. The molecule has 0 atom stereocenters. The minimum absolute atomic E-state index is 0.427. The molecule has 0 amide bonds. The van der Waals surface area contributed by atoms with E-state index >= 15 is 0 Å². The highest BCUT2D eigenvalue weighted by Crippen LogP contribution is 2.33. The number of rotatable bonds is 4. The third kappa shape index (κ3) is 3.81. The highest BCUT2D eigenvalue weighted by atomic mass is 35.5. The lowest BCUT2D eigenvalue weighted by Gasteiger charge is -2.33. The van der Waals surface area contributed by atoms with Crippen LogP contribution in [0.1, 0.15) is 31.2 Å². The third-order valence-electron chi connectivity index (χ3n) is 4.20. The summed E-state index contributed by atoms with van der Waals surface area (Å²) in [6.07, 6.45) is 4.63. The van der Waals surface area contributed by atoms with Crippen LogP contribution in [0, 0.1) is 11.3 Å². The lowest BCUT2D eigenvalue weighted by molar-refractivity contribution is 0.221. The van der Waals surface area contributed by atoms with Crippen molar-refractivity contribution in [3.8, 4) is 11.8 Å². The number of benzene rings is 1. The first-order valence-corrected chi connectivity index (χ1v) is 7.63. The van der Waals surface area contributed by atoms with E-state index in [4.69, 9.17) is 21.6 Å². The van der Waals surface area contributed by atoms with Gasteiger partial charge in [-0.2, -0.15) is 5.26 Å². The van der Waals surface area contributed by atoms with Crippen molar-refractivity contribution in [2.45, 2.75) is 37.8 Å². The molecule has 0 bridgehead atoms. The summed E-state index contributed by atoms with van der Waals surface area (Å²) in [6.45, 7) is 0. The van der Waals surface area contributed by atoms with E-state index in [1.165, 1.54) is 12.8 Å².